The minimum Gasteiger partial charge on any atom is -0.323 e. The van der Waals surface area contributed by atoms with Crippen LogP contribution in [0.2, 0.25) is 0 Å². The van der Waals surface area contributed by atoms with E-state index in [0.29, 0.717) is 28.3 Å². The molecular weight excluding hydrogens is 446 g/mol. The maximum absolute atomic E-state index is 13.0. The highest BCUT2D eigenvalue weighted by Gasteiger charge is 2.28. The van der Waals surface area contributed by atoms with Crippen molar-refractivity contribution < 1.29 is 14.4 Å². The van der Waals surface area contributed by atoms with Gasteiger partial charge in [-0.25, -0.2) is 0 Å². The maximum atomic E-state index is 13.0. The predicted octanol–water partition coefficient (Wildman–Crippen LogP) is 5.82. The second kappa shape index (κ2) is 9.03. The summed E-state index contributed by atoms with van der Waals surface area (Å²) in [6.07, 6.45) is 1.71. The third-order valence-corrected chi connectivity index (χ3v) is 6.41. The summed E-state index contributed by atoms with van der Waals surface area (Å²) in [5.41, 5.74) is 3.02. The molecule has 3 amide bonds. The molecule has 1 aliphatic heterocycles. The maximum Gasteiger partial charge on any atom is 0.255 e. The van der Waals surface area contributed by atoms with Gasteiger partial charge >= 0.3 is 0 Å². The molecule has 7 heteroatoms. The molecule has 6 nitrogen and oxygen atoms in total. The van der Waals surface area contributed by atoms with Crippen LogP contribution >= 0.6 is 11.8 Å². The first kappa shape index (κ1) is 21.7. The van der Waals surface area contributed by atoms with Crippen molar-refractivity contribution in [2.75, 3.05) is 21.8 Å². The van der Waals surface area contributed by atoms with Crippen molar-refractivity contribution in [3.8, 4) is 0 Å². The Hall–Kier alpha value is -4.10. The monoisotopic (exact) mass is 467 g/mol. The summed E-state index contributed by atoms with van der Waals surface area (Å²) in [5, 5.41) is 7.63. The Morgan fingerprint density at radius 2 is 1.74 bits per heavy atom. The van der Waals surface area contributed by atoms with Gasteiger partial charge < -0.3 is 10.6 Å². The summed E-state index contributed by atoms with van der Waals surface area (Å²) < 4.78 is 0. The first-order valence-electron chi connectivity index (χ1n) is 10.7. The van der Waals surface area contributed by atoms with E-state index < -0.39 is 0 Å². The van der Waals surface area contributed by atoms with Crippen LogP contribution in [-0.2, 0) is 9.59 Å². The van der Waals surface area contributed by atoms with Gasteiger partial charge in [0.2, 0.25) is 11.8 Å². The van der Waals surface area contributed by atoms with Gasteiger partial charge in [0.15, 0.2) is 0 Å². The molecule has 2 N–H and O–H groups in total. The average Bonchev–Trinajstić information content (AvgIpc) is 2.99. The molecular formula is C27H21N3O3S. The van der Waals surface area contributed by atoms with Gasteiger partial charge in [-0.2, -0.15) is 0 Å². The lowest BCUT2D eigenvalue weighted by Gasteiger charge is -2.23. The van der Waals surface area contributed by atoms with Crippen LogP contribution in [0.1, 0.15) is 16.8 Å². The first-order valence-corrected chi connectivity index (χ1v) is 12.0. The number of fused-ring (bicyclic) bond motifs is 3. The van der Waals surface area contributed by atoms with Gasteiger partial charge in [0.05, 0.1) is 11.4 Å². The van der Waals surface area contributed by atoms with Crippen molar-refractivity contribution in [3.05, 3.63) is 90.5 Å². The molecule has 0 radical (unpaired) electrons. The van der Waals surface area contributed by atoms with E-state index in [4.69, 9.17) is 0 Å². The fourth-order valence-electron chi connectivity index (χ4n) is 4.06. The number of thioether (sulfide) groups is 1. The van der Waals surface area contributed by atoms with Gasteiger partial charge in [-0.05, 0) is 60.2 Å². The summed E-state index contributed by atoms with van der Waals surface area (Å²) >= 11 is 1.57. The van der Waals surface area contributed by atoms with Gasteiger partial charge in [0.1, 0.15) is 6.42 Å². The molecule has 0 saturated heterocycles. The van der Waals surface area contributed by atoms with Gasteiger partial charge in [0, 0.05) is 27.2 Å². The predicted molar refractivity (Wildman–Crippen MR) is 137 cm³/mol. The average molecular weight is 468 g/mol. The SMILES string of the molecule is CSc1cccc(C(=O)Nc2ccc(N3C(=O)CC(=O)Nc4c3ccc3ccccc43)cc2)c1. The number of hydrogen-bond donors (Lipinski definition) is 2. The molecule has 5 rings (SSSR count). The number of carbonyl (C=O) groups excluding carboxylic acids is 3. The second-order valence-corrected chi connectivity index (χ2v) is 8.75. The molecule has 34 heavy (non-hydrogen) atoms. The Labute approximate surface area is 201 Å². The number of benzene rings is 4. The Morgan fingerprint density at radius 1 is 0.941 bits per heavy atom. The molecule has 0 spiro atoms. The summed E-state index contributed by atoms with van der Waals surface area (Å²) in [7, 11) is 0. The zero-order valence-corrected chi connectivity index (χ0v) is 19.2. The summed E-state index contributed by atoms with van der Waals surface area (Å²) in [6.45, 7) is 0. The molecule has 168 valence electrons. The molecule has 1 heterocycles. The van der Waals surface area contributed by atoms with Crippen LogP contribution in [0.3, 0.4) is 0 Å². The van der Waals surface area contributed by atoms with Crippen LogP contribution in [0.15, 0.2) is 89.8 Å². The highest BCUT2D eigenvalue weighted by molar-refractivity contribution is 7.98. The molecule has 0 saturated carbocycles. The third kappa shape index (κ3) is 4.13. The van der Waals surface area contributed by atoms with Gasteiger partial charge in [-0.15, -0.1) is 11.8 Å². The minimum atomic E-state index is -0.346. The molecule has 1 aliphatic rings. The first-order chi connectivity index (χ1) is 16.5. The lowest BCUT2D eigenvalue weighted by atomic mass is 10.1. The van der Waals surface area contributed by atoms with Crippen molar-refractivity contribution in [1.82, 2.24) is 0 Å². The largest absolute Gasteiger partial charge is 0.323 e. The number of nitrogens with zero attached hydrogens (tertiary/aromatic N) is 1. The van der Waals surface area contributed by atoms with Crippen molar-refractivity contribution in [3.63, 3.8) is 0 Å². The summed E-state index contributed by atoms with van der Waals surface area (Å²) in [5.74, 6) is -0.875. The third-order valence-electron chi connectivity index (χ3n) is 5.69. The highest BCUT2D eigenvalue weighted by Crippen LogP contribution is 2.40. The van der Waals surface area contributed by atoms with E-state index in [2.05, 4.69) is 10.6 Å². The van der Waals surface area contributed by atoms with Gasteiger partial charge in [-0.3, -0.25) is 19.3 Å². The van der Waals surface area contributed by atoms with Crippen LogP contribution in [0.25, 0.3) is 10.8 Å². The number of amides is 3. The van der Waals surface area contributed by atoms with Crippen molar-refractivity contribution in [2.24, 2.45) is 0 Å². The normalized spacial score (nSPS) is 13.3. The highest BCUT2D eigenvalue weighted by atomic mass is 32.2. The van der Waals surface area contributed by atoms with E-state index in [-0.39, 0.29) is 24.1 Å². The van der Waals surface area contributed by atoms with Crippen LogP contribution in [0.5, 0.6) is 0 Å². The van der Waals surface area contributed by atoms with Gasteiger partial charge in [-0.1, -0.05) is 36.4 Å². The molecule has 0 unspecified atom stereocenters. The van der Waals surface area contributed by atoms with Gasteiger partial charge in [0.25, 0.3) is 5.91 Å². The topological polar surface area (TPSA) is 78.5 Å². The van der Waals surface area contributed by atoms with E-state index in [0.717, 1.165) is 15.7 Å². The number of nitrogens with one attached hydrogen (secondary N) is 2. The minimum absolute atomic E-state index is 0.207. The summed E-state index contributed by atoms with van der Waals surface area (Å²) in [4.78, 5) is 40.7. The number of rotatable bonds is 4. The fraction of sp³-hybridized carbons (Fsp3) is 0.0741. The molecule has 0 fully saturated rings. The molecule has 0 bridgehead atoms. The number of hydrogen-bond acceptors (Lipinski definition) is 4. The lowest BCUT2D eigenvalue weighted by molar-refractivity contribution is -0.124. The standard InChI is InChI=1S/C27H21N3O3S/c1-34-21-7-4-6-18(15-21)27(33)28-19-10-12-20(13-11-19)30-23-14-9-17-5-2-3-8-22(17)26(23)29-24(31)16-25(30)32/h2-15H,16H2,1H3,(H,28,33)(H,29,31). The van der Waals surface area contributed by atoms with E-state index in [1.807, 2.05) is 60.9 Å². The molecule has 4 aromatic carbocycles. The Kier molecular flexibility index (Phi) is 5.77. The van der Waals surface area contributed by atoms with E-state index in [9.17, 15) is 14.4 Å². The molecule has 0 atom stereocenters. The molecule has 0 aromatic heterocycles. The molecule has 4 aromatic rings. The summed E-state index contributed by atoms with van der Waals surface area (Å²) in [6, 6.07) is 25.9. The zero-order valence-electron chi connectivity index (χ0n) is 18.4. The number of anilines is 4. The van der Waals surface area contributed by atoms with Crippen LogP contribution in [0.4, 0.5) is 22.7 Å². The van der Waals surface area contributed by atoms with Crippen LogP contribution in [0, 0.1) is 0 Å². The van der Waals surface area contributed by atoms with E-state index in [1.54, 1.807) is 47.0 Å². The quantitative estimate of drug-likeness (QED) is 0.293. The Morgan fingerprint density at radius 3 is 2.53 bits per heavy atom. The second-order valence-electron chi connectivity index (χ2n) is 7.87. The Balaban J connectivity index is 1.47. The van der Waals surface area contributed by atoms with Crippen molar-refractivity contribution >= 4 is 63.0 Å². The smallest absolute Gasteiger partial charge is 0.255 e. The lowest BCUT2D eigenvalue weighted by Crippen LogP contribution is -2.26. The van der Waals surface area contributed by atoms with Crippen LogP contribution in [-0.4, -0.2) is 24.0 Å². The fourth-order valence-corrected chi connectivity index (χ4v) is 4.52. The zero-order chi connectivity index (χ0) is 23.7. The molecule has 0 aliphatic carbocycles. The van der Waals surface area contributed by atoms with E-state index in [1.165, 1.54) is 0 Å². The van der Waals surface area contributed by atoms with Crippen molar-refractivity contribution in [2.45, 2.75) is 11.3 Å². The Bertz CT molecular complexity index is 1430. The van der Waals surface area contributed by atoms with Crippen molar-refractivity contribution in [1.29, 1.82) is 0 Å². The van der Waals surface area contributed by atoms with Crippen LogP contribution < -0.4 is 15.5 Å². The number of carbonyl (C=O) groups is 3. The van der Waals surface area contributed by atoms with E-state index >= 15 is 0 Å².